The first kappa shape index (κ1) is 11.2. The lowest BCUT2D eigenvalue weighted by Crippen LogP contribution is -2.22. The Morgan fingerprint density at radius 3 is 2.27 bits per heavy atom. The van der Waals surface area contributed by atoms with Crippen LogP contribution in [-0.4, -0.2) is 11.7 Å². The third-order valence-corrected chi connectivity index (χ3v) is 1.80. The standard InChI is InChI=1S/C10H13FN4/c1-2-9(14-15-10(12)13)7-3-5-8(11)6-4-7/h3-6H,2H2,1H3,(H4,12,13,15)/b14-9-. The van der Waals surface area contributed by atoms with Crippen molar-refractivity contribution in [3.63, 3.8) is 0 Å². The lowest BCUT2D eigenvalue weighted by atomic mass is 10.1. The van der Waals surface area contributed by atoms with Gasteiger partial charge in [-0.1, -0.05) is 19.1 Å². The van der Waals surface area contributed by atoms with E-state index in [4.69, 9.17) is 11.5 Å². The molecule has 1 aromatic rings. The maximum Gasteiger partial charge on any atom is 0.211 e. The van der Waals surface area contributed by atoms with Crippen LogP contribution in [-0.2, 0) is 0 Å². The van der Waals surface area contributed by atoms with E-state index < -0.39 is 0 Å². The number of hydrogen-bond acceptors (Lipinski definition) is 2. The van der Waals surface area contributed by atoms with Crippen molar-refractivity contribution in [3.8, 4) is 0 Å². The van der Waals surface area contributed by atoms with E-state index in [0.717, 1.165) is 5.56 Å². The Hall–Kier alpha value is -1.91. The van der Waals surface area contributed by atoms with Gasteiger partial charge < -0.3 is 11.5 Å². The molecule has 4 nitrogen and oxygen atoms in total. The molecule has 15 heavy (non-hydrogen) atoms. The number of guanidine groups is 1. The van der Waals surface area contributed by atoms with Gasteiger partial charge in [-0.15, -0.1) is 5.10 Å². The van der Waals surface area contributed by atoms with E-state index in [1.165, 1.54) is 12.1 Å². The molecular weight excluding hydrogens is 195 g/mol. The predicted molar refractivity (Wildman–Crippen MR) is 59.0 cm³/mol. The molecule has 0 fully saturated rings. The molecule has 0 amide bonds. The molecule has 0 atom stereocenters. The van der Waals surface area contributed by atoms with Gasteiger partial charge in [0.05, 0.1) is 5.71 Å². The molecule has 0 bridgehead atoms. The van der Waals surface area contributed by atoms with Crippen LogP contribution >= 0.6 is 0 Å². The highest BCUT2D eigenvalue weighted by molar-refractivity contribution is 6.00. The lowest BCUT2D eigenvalue weighted by Gasteiger charge is -2.01. The molecule has 0 heterocycles. The summed E-state index contributed by atoms with van der Waals surface area (Å²) >= 11 is 0. The first-order valence-corrected chi connectivity index (χ1v) is 4.55. The minimum absolute atomic E-state index is 0.0944. The normalized spacial score (nSPS) is 11.2. The third kappa shape index (κ3) is 3.38. The van der Waals surface area contributed by atoms with Crippen LogP contribution in [0, 0.1) is 5.82 Å². The van der Waals surface area contributed by atoms with Gasteiger partial charge in [-0.05, 0) is 24.1 Å². The van der Waals surface area contributed by atoms with Crippen LogP contribution in [0.5, 0.6) is 0 Å². The smallest absolute Gasteiger partial charge is 0.211 e. The van der Waals surface area contributed by atoms with Crippen molar-refractivity contribution in [2.24, 2.45) is 21.7 Å². The van der Waals surface area contributed by atoms with Gasteiger partial charge in [0.15, 0.2) is 0 Å². The molecular formula is C10H13FN4. The molecule has 5 heteroatoms. The van der Waals surface area contributed by atoms with Crippen LogP contribution in [0.15, 0.2) is 34.5 Å². The quantitative estimate of drug-likeness (QED) is 0.445. The zero-order valence-electron chi connectivity index (χ0n) is 8.44. The molecule has 0 aliphatic rings. The molecule has 1 aromatic carbocycles. The molecule has 4 N–H and O–H groups in total. The average molecular weight is 208 g/mol. The Morgan fingerprint density at radius 2 is 1.80 bits per heavy atom. The van der Waals surface area contributed by atoms with E-state index in [0.29, 0.717) is 12.1 Å². The van der Waals surface area contributed by atoms with Crippen LogP contribution in [0.2, 0.25) is 0 Å². The second kappa shape index (κ2) is 5.09. The lowest BCUT2D eigenvalue weighted by molar-refractivity contribution is 0.627. The first-order valence-electron chi connectivity index (χ1n) is 4.55. The minimum atomic E-state index is -0.281. The number of hydrogen-bond donors (Lipinski definition) is 2. The van der Waals surface area contributed by atoms with Crippen molar-refractivity contribution in [2.75, 3.05) is 0 Å². The number of nitrogens with two attached hydrogens (primary N) is 2. The summed E-state index contributed by atoms with van der Waals surface area (Å²) in [4.78, 5) is 0. The van der Waals surface area contributed by atoms with E-state index in [1.807, 2.05) is 6.92 Å². The van der Waals surface area contributed by atoms with Gasteiger partial charge in [0.25, 0.3) is 0 Å². The molecule has 0 aliphatic heterocycles. The molecule has 0 saturated heterocycles. The maximum absolute atomic E-state index is 12.7. The average Bonchev–Trinajstić information content (AvgIpc) is 2.21. The van der Waals surface area contributed by atoms with Gasteiger partial charge in [0.1, 0.15) is 5.82 Å². The van der Waals surface area contributed by atoms with Crippen LogP contribution in [0.1, 0.15) is 18.9 Å². The molecule has 0 radical (unpaired) electrons. The van der Waals surface area contributed by atoms with E-state index >= 15 is 0 Å². The Kier molecular flexibility index (Phi) is 3.79. The van der Waals surface area contributed by atoms with Crippen LogP contribution in [0.3, 0.4) is 0 Å². The summed E-state index contributed by atoms with van der Waals surface area (Å²) in [7, 11) is 0. The van der Waals surface area contributed by atoms with Crippen molar-refractivity contribution < 1.29 is 4.39 Å². The second-order valence-corrected chi connectivity index (χ2v) is 2.93. The molecule has 0 aromatic heterocycles. The summed E-state index contributed by atoms with van der Waals surface area (Å²) < 4.78 is 12.7. The molecule has 0 aliphatic carbocycles. The SMILES string of the molecule is CC/C(=N/N=C(N)N)c1ccc(F)cc1. The van der Waals surface area contributed by atoms with Crippen molar-refractivity contribution in [1.82, 2.24) is 0 Å². The van der Waals surface area contributed by atoms with Crippen molar-refractivity contribution in [2.45, 2.75) is 13.3 Å². The number of nitrogens with zero attached hydrogens (tertiary/aromatic N) is 2. The predicted octanol–water partition coefficient (Wildman–Crippen LogP) is 1.21. The fraction of sp³-hybridized carbons (Fsp3) is 0.200. The summed E-state index contributed by atoms with van der Waals surface area (Å²) in [6.07, 6.45) is 0.669. The van der Waals surface area contributed by atoms with Gasteiger partial charge in [0, 0.05) is 0 Å². The largest absolute Gasteiger partial charge is 0.369 e. The molecule has 80 valence electrons. The van der Waals surface area contributed by atoms with Gasteiger partial charge in [0.2, 0.25) is 5.96 Å². The minimum Gasteiger partial charge on any atom is -0.369 e. The van der Waals surface area contributed by atoms with Crippen molar-refractivity contribution >= 4 is 11.7 Å². The topological polar surface area (TPSA) is 76.8 Å². The van der Waals surface area contributed by atoms with E-state index in [1.54, 1.807) is 12.1 Å². The Labute approximate surface area is 87.5 Å². The summed E-state index contributed by atoms with van der Waals surface area (Å²) in [5.74, 6) is -0.376. The van der Waals surface area contributed by atoms with Crippen molar-refractivity contribution in [1.29, 1.82) is 0 Å². The molecule has 0 saturated carbocycles. The van der Waals surface area contributed by atoms with E-state index in [2.05, 4.69) is 10.2 Å². The van der Waals surface area contributed by atoms with E-state index in [9.17, 15) is 4.39 Å². The zero-order chi connectivity index (χ0) is 11.3. The summed E-state index contributed by atoms with van der Waals surface area (Å²) in [5.41, 5.74) is 11.8. The summed E-state index contributed by atoms with van der Waals surface area (Å²) in [6.45, 7) is 1.92. The van der Waals surface area contributed by atoms with Gasteiger partial charge >= 0.3 is 0 Å². The van der Waals surface area contributed by atoms with E-state index in [-0.39, 0.29) is 11.8 Å². The first-order chi connectivity index (χ1) is 7.13. The van der Waals surface area contributed by atoms with Gasteiger partial charge in [-0.25, -0.2) is 4.39 Å². The monoisotopic (exact) mass is 208 g/mol. The fourth-order valence-corrected chi connectivity index (χ4v) is 1.09. The molecule has 0 spiro atoms. The Morgan fingerprint density at radius 1 is 1.20 bits per heavy atom. The van der Waals surface area contributed by atoms with Crippen LogP contribution in [0.25, 0.3) is 0 Å². The summed E-state index contributed by atoms with van der Waals surface area (Å²) in [5, 5.41) is 7.43. The molecule has 1 rings (SSSR count). The number of benzene rings is 1. The number of rotatable bonds is 3. The highest BCUT2D eigenvalue weighted by atomic mass is 19.1. The van der Waals surface area contributed by atoms with Gasteiger partial charge in [-0.2, -0.15) is 5.10 Å². The van der Waals surface area contributed by atoms with Gasteiger partial charge in [-0.3, -0.25) is 0 Å². The number of halogens is 1. The fourth-order valence-electron chi connectivity index (χ4n) is 1.09. The Bertz CT molecular complexity index is 377. The summed E-state index contributed by atoms with van der Waals surface area (Å²) in [6, 6.07) is 6.02. The van der Waals surface area contributed by atoms with Crippen molar-refractivity contribution in [3.05, 3.63) is 35.6 Å². The van der Waals surface area contributed by atoms with Crippen LogP contribution in [0.4, 0.5) is 4.39 Å². The second-order valence-electron chi connectivity index (χ2n) is 2.93. The molecule has 0 unspecified atom stereocenters. The maximum atomic E-state index is 12.7. The zero-order valence-corrected chi connectivity index (χ0v) is 8.44. The third-order valence-electron chi connectivity index (χ3n) is 1.80. The Balaban J connectivity index is 2.97. The highest BCUT2D eigenvalue weighted by Crippen LogP contribution is 2.07. The van der Waals surface area contributed by atoms with Crippen LogP contribution < -0.4 is 11.5 Å². The highest BCUT2D eigenvalue weighted by Gasteiger charge is 2.00.